The van der Waals surface area contributed by atoms with E-state index in [9.17, 15) is 30.0 Å². The summed E-state index contributed by atoms with van der Waals surface area (Å²) in [5.41, 5.74) is -5.25. The number of Topliss-reactive ketones (excluding diaryl/α,β-unsaturated/α-hetero) is 2. The number of hydrogen-bond donors (Lipinski definition) is 4. The second-order valence-corrected chi connectivity index (χ2v) is 9.36. The zero-order valence-corrected chi connectivity index (χ0v) is 17.7. The number of aliphatic hydroxyl groups excluding tert-OH is 1. The molecule has 0 aromatic heterocycles. The molecule has 0 aromatic rings. The molecule has 0 amide bonds. The van der Waals surface area contributed by atoms with Crippen LogP contribution in [0.2, 0.25) is 0 Å². The zero-order chi connectivity index (χ0) is 21.9. The van der Waals surface area contributed by atoms with Crippen LogP contribution in [0.5, 0.6) is 0 Å². The molecule has 158 valence electrons. The van der Waals surface area contributed by atoms with E-state index in [1.807, 2.05) is 13.8 Å². The van der Waals surface area contributed by atoms with E-state index >= 15 is 0 Å². The fourth-order valence-electron chi connectivity index (χ4n) is 3.89. The highest BCUT2D eigenvalue weighted by Gasteiger charge is 2.76. The molecular formula is C21H32O7. The van der Waals surface area contributed by atoms with Gasteiger partial charge in [0, 0.05) is 12.3 Å². The lowest BCUT2D eigenvalue weighted by Gasteiger charge is -2.50. The molecule has 0 aromatic carbocycles. The Hall–Kier alpha value is -1.54. The van der Waals surface area contributed by atoms with Gasteiger partial charge in [-0.1, -0.05) is 25.5 Å². The predicted octanol–water partition coefficient (Wildman–Crippen LogP) is 1.95. The van der Waals surface area contributed by atoms with E-state index < -0.39 is 63.7 Å². The van der Waals surface area contributed by atoms with Crippen LogP contribution >= 0.6 is 0 Å². The number of ketones is 2. The Morgan fingerprint density at radius 3 is 2.29 bits per heavy atom. The molecule has 0 bridgehead atoms. The summed E-state index contributed by atoms with van der Waals surface area (Å²) in [6, 6.07) is 0. The number of carbonyl (C=O) groups is 2. The summed E-state index contributed by atoms with van der Waals surface area (Å²) in [7, 11) is 0. The lowest BCUT2D eigenvalue weighted by molar-refractivity contribution is -0.318. The summed E-state index contributed by atoms with van der Waals surface area (Å²) in [4.78, 5) is 25.9. The number of aliphatic hydroxyl groups is 4. The standard InChI is InChI=1S/C21H32O7/c1-11(2)8-9-19(7)16(23)14(15(22)12(3)4)17(24)20(26)10-13(18(5,6)25)28-21(19,20)27/h8,12-13,23,25-27H,9-10H2,1-7H3/t13-,19-,20-,21-/m0/s1. The maximum atomic E-state index is 13.2. The highest BCUT2D eigenvalue weighted by Crippen LogP contribution is 2.59. The van der Waals surface area contributed by atoms with Crippen molar-refractivity contribution in [3.63, 3.8) is 0 Å². The summed E-state index contributed by atoms with van der Waals surface area (Å²) >= 11 is 0. The number of fused-ring (bicyclic) bond motifs is 1. The number of ether oxygens (including phenoxy) is 1. The van der Waals surface area contributed by atoms with Gasteiger partial charge < -0.3 is 25.2 Å². The molecule has 2 rings (SSSR count). The third kappa shape index (κ3) is 3.05. The Balaban J connectivity index is 2.79. The van der Waals surface area contributed by atoms with Gasteiger partial charge in [0.05, 0.1) is 17.1 Å². The molecule has 4 N–H and O–H groups in total. The maximum absolute atomic E-state index is 13.2. The second-order valence-electron chi connectivity index (χ2n) is 9.36. The first kappa shape index (κ1) is 22.7. The van der Waals surface area contributed by atoms with E-state index in [2.05, 4.69) is 0 Å². The van der Waals surface area contributed by atoms with Crippen LogP contribution in [0.15, 0.2) is 23.0 Å². The van der Waals surface area contributed by atoms with Gasteiger partial charge >= 0.3 is 0 Å². The van der Waals surface area contributed by atoms with Gasteiger partial charge in [0.2, 0.25) is 11.6 Å². The van der Waals surface area contributed by atoms with Crippen LogP contribution < -0.4 is 0 Å². The van der Waals surface area contributed by atoms with E-state index in [0.29, 0.717) is 0 Å². The van der Waals surface area contributed by atoms with Crippen LogP contribution in [-0.2, 0) is 14.3 Å². The van der Waals surface area contributed by atoms with Crippen molar-refractivity contribution in [2.45, 2.75) is 84.4 Å². The number of carbonyl (C=O) groups excluding carboxylic acids is 2. The lowest BCUT2D eigenvalue weighted by atomic mass is 9.60. The third-order valence-electron chi connectivity index (χ3n) is 5.94. The average Bonchev–Trinajstić information content (AvgIpc) is 2.86. The molecule has 28 heavy (non-hydrogen) atoms. The molecule has 1 fully saturated rings. The number of rotatable bonds is 5. The molecule has 2 aliphatic rings. The van der Waals surface area contributed by atoms with E-state index in [1.165, 1.54) is 20.8 Å². The smallest absolute Gasteiger partial charge is 0.216 e. The SMILES string of the molecule is CC(C)=CC[C@@]1(C)C(O)=C(C(=O)C(C)C)C(=O)[C@@]2(O)C[C@@H](C(C)(C)O)O[C@@]12O. The zero-order valence-electron chi connectivity index (χ0n) is 17.7. The van der Waals surface area contributed by atoms with Crippen LogP contribution in [0.3, 0.4) is 0 Å². The minimum absolute atomic E-state index is 0.0146. The lowest BCUT2D eigenvalue weighted by Crippen LogP contribution is -2.68. The largest absolute Gasteiger partial charge is 0.511 e. The van der Waals surface area contributed by atoms with Crippen molar-refractivity contribution in [3.05, 3.63) is 23.0 Å². The highest BCUT2D eigenvalue weighted by atomic mass is 16.7. The topological polar surface area (TPSA) is 124 Å². The summed E-state index contributed by atoms with van der Waals surface area (Å²) < 4.78 is 5.70. The molecule has 0 unspecified atom stereocenters. The molecule has 1 aliphatic carbocycles. The van der Waals surface area contributed by atoms with Crippen molar-refractivity contribution >= 4 is 11.6 Å². The van der Waals surface area contributed by atoms with Gasteiger partial charge in [-0.25, -0.2) is 0 Å². The van der Waals surface area contributed by atoms with Crippen LogP contribution in [0.1, 0.15) is 61.3 Å². The van der Waals surface area contributed by atoms with Gasteiger partial charge in [0.1, 0.15) is 11.3 Å². The second kappa shape index (κ2) is 6.76. The van der Waals surface area contributed by atoms with Crippen molar-refractivity contribution in [1.82, 2.24) is 0 Å². The Labute approximate surface area is 165 Å². The van der Waals surface area contributed by atoms with Gasteiger partial charge in [-0.2, -0.15) is 0 Å². The summed E-state index contributed by atoms with van der Waals surface area (Å²) in [6.07, 6.45) is 0.251. The van der Waals surface area contributed by atoms with Crippen molar-refractivity contribution in [2.75, 3.05) is 0 Å². The fourth-order valence-corrected chi connectivity index (χ4v) is 3.89. The molecule has 4 atom stereocenters. The normalized spacial score (nSPS) is 36.0. The maximum Gasteiger partial charge on any atom is 0.216 e. The molecule has 1 saturated heterocycles. The fraction of sp³-hybridized carbons (Fsp3) is 0.714. The van der Waals surface area contributed by atoms with E-state index in [1.54, 1.807) is 19.9 Å². The van der Waals surface area contributed by atoms with Gasteiger partial charge in [-0.15, -0.1) is 0 Å². The quantitative estimate of drug-likeness (QED) is 0.413. The van der Waals surface area contributed by atoms with Crippen molar-refractivity contribution < 1.29 is 34.8 Å². The molecular weight excluding hydrogens is 364 g/mol. The number of hydrogen-bond acceptors (Lipinski definition) is 7. The minimum Gasteiger partial charge on any atom is -0.511 e. The number of allylic oxidation sites excluding steroid dienone is 2. The predicted molar refractivity (Wildman–Crippen MR) is 102 cm³/mol. The Bertz CT molecular complexity index is 753. The van der Waals surface area contributed by atoms with Crippen LogP contribution in [0.25, 0.3) is 0 Å². The van der Waals surface area contributed by atoms with Crippen LogP contribution in [0.4, 0.5) is 0 Å². The molecule has 0 radical (unpaired) electrons. The van der Waals surface area contributed by atoms with Crippen LogP contribution in [0, 0.1) is 11.3 Å². The van der Waals surface area contributed by atoms with Crippen LogP contribution in [-0.4, -0.2) is 55.1 Å². The van der Waals surface area contributed by atoms with Gasteiger partial charge in [0.25, 0.3) is 0 Å². The van der Waals surface area contributed by atoms with E-state index in [0.717, 1.165) is 5.57 Å². The summed E-state index contributed by atoms with van der Waals surface area (Å²) in [6.45, 7) is 11.1. The van der Waals surface area contributed by atoms with E-state index in [-0.39, 0.29) is 6.42 Å². The molecule has 1 aliphatic heterocycles. The molecule has 7 heteroatoms. The van der Waals surface area contributed by atoms with E-state index in [4.69, 9.17) is 4.74 Å². The highest BCUT2D eigenvalue weighted by molar-refractivity contribution is 6.25. The first-order valence-electron chi connectivity index (χ1n) is 9.54. The van der Waals surface area contributed by atoms with Crippen molar-refractivity contribution in [3.8, 4) is 0 Å². The summed E-state index contributed by atoms with van der Waals surface area (Å²) in [5, 5.41) is 44.2. The molecule has 1 heterocycles. The molecule has 0 spiro atoms. The van der Waals surface area contributed by atoms with Gasteiger partial charge in [-0.3, -0.25) is 9.59 Å². The summed E-state index contributed by atoms with van der Waals surface area (Å²) in [5.74, 6) is -5.41. The monoisotopic (exact) mass is 396 g/mol. The van der Waals surface area contributed by atoms with Crippen molar-refractivity contribution in [2.24, 2.45) is 11.3 Å². The minimum atomic E-state index is -2.52. The average molecular weight is 396 g/mol. The Morgan fingerprint density at radius 1 is 1.32 bits per heavy atom. The Kier molecular flexibility index (Phi) is 5.49. The molecule has 0 saturated carbocycles. The first-order chi connectivity index (χ1) is 12.5. The molecule has 7 nitrogen and oxygen atoms in total. The van der Waals surface area contributed by atoms with Gasteiger partial charge in [0.15, 0.2) is 11.4 Å². The Morgan fingerprint density at radius 2 is 1.86 bits per heavy atom. The van der Waals surface area contributed by atoms with Gasteiger partial charge in [-0.05, 0) is 41.0 Å². The van der Waals surface area contributed by atoms with Crippen molar-refractivity contribution in [1.29, 1.82) is 0 Å². The first-order valence-corrected chi connectivity index (χ1v) is 9.54. The third-order valence-corrected chi connectivity index (χ3v) is 5.94.